The first-order chi connectivity index (χ1) is 17.6. The first-order valence-corrected chi connectivity index (χ1v) is 12.5. The van der Waals surface area contributed by atoms with E-state index in [0.29, 0.717) is 52.9 Å². The van der Waals surface area contributed by atoms with Gasteiger partial charge < -0.3 is 14.5 Å². The van der Waals surface area contributed by atoms with Crippen LogP contribution in [0.25, 0.3) is 21.8 Å². The Morgan fingerprint density at radius 2 is 1.56 bits per heavy atom. The van der Waals surface area contributed by atoms with Crippen molar-refractivity contribution in [3.05, 3.63) is 59.8 Å². The summed E-state index contributed by atoms with van der Waals surface area (Å²) in [4.78, 5) is 35.2. The number of ether oxygens (including phenoxy) is 1. The van der Waals surface area contributed by atoms with Crippen molar-refractivity contribution in [3.8, 4) is 5.88 Å². The highest BCUT2D eigenvalue weighted by Gasteiger charge is 2.59. The Labute approximate surface area is 207 Å². The maximum Gasteiger partial charge on any atom is 0.272 e. The molecular formula is C27H26N6O3. The van der Waals surface area contributed by atoms with E-state index in [9.17, 15) is 9.59 Å². The van der Waals surface area contributed by atoms with Crippen LogP contribution in [0.4, 0.5) is 0 Å². The lowest BCUT2D eigenvalue weighted by molar-refractivity contribution is 0.0629. The van der Waals surface area contributed by atoms with Crippen molar-refractivity contribution in [2.75, 3.05) is 32.8 Å². The van der Waals surface area contributed by atoms with Gasteiger partial charge in [-0.25, -0.2) is 4.98 Å². The molecule has 2 aromatic heterocycles. The molecule has 9 nitrogen and oxygen atoms in total. The smallest absolute Gasteiger partial charge is 0.272 e. The Kier molecular flexibility index (Phi) is 4.74. The molecule has 3 aliphatic rings. The molecule has 3 fully saturated rings. The molecule has 2 saturated heterocycles. The Balaban J connectivity index is 1.06. The number of H-pyrrole nitrogens is 1. The van der Waals surface area contributed by atoms with Gasteiger partial charge in [-0.1, -0.05) is 18.2 Å². The number of rotatable bonds is 4. The summed E-state index contributed by atoms with van der Waals surface area (Å²) in [6.07, 6.45) is 0. The predicted octanol–water partition coefficient (Wildman–Crippen LogP) is 3.00. The molecule has 2 aromatic carbocycles. The van der Waals surface area contributed by atoms with E-state index in [1.165, 1.54) is 0 Å². The first kappa shape index (κ1) is 21.3. The van der Waals surface area contributed by atoms with E-state index in [1.807, 2.05) is 59.2 Å². The van der Waals surface area contributed by atoms with E-state index in [2.05, 4.69) is 20.4 Å². The average Bonchev–Trinajstić information content (AvgIpc) is 3.62. The summed E-state index contributed by atoms with van der Waals surface area (Å²) in [5.41, 5.74) is 2.53. The molecule has 4 atom stereocenters. The largest absolute Gasteiger partial charge is 0.478 e. The van der Waals surface area contributed by atoms with Crippen LogP contribution in [0.1, 0.15) is 27.8 Å². The summed E-state index contributed by atoms with van der Waals surface area (Å²) in [5.74, 6) is 2.26. The maximum atomic E-state index is 13.5. The molecule has 36 heavy (non-hydrogen) atoms. The third-order valence-electron chi connectivity index (χ3n) is 8.27. The number of pyridine rings is 1. The zero-order valence-electron chi connectivity index (χ0n) is 19.9. The summed E-state index contributed by atoms with van der Waals surface area (Å²) in [5, 5.41) is 12.6. The highest BCUT2D eigenvalue weighted by molar-refractivity contribution is 5.99. The normalized spacial score (nSPS) is 24.6. The van der Waals surface area contributed by atoms with E-state index in [0.717, 1.165) is 42.5 Å². The highest BCUT2D eigenvalue weighted by atomic mass is 16.5. The monoisotopic (exact) mass is 482 g/mol. The van der Waals surface area contributed by atoms with Gasteiger partial charge in [-0.2, -0.15) is 15.4 Å². The summed E-state index contributed by atoms with van der Waals surface area (Å²) in [7, 11) is 0. The molecule has 1 aliphatic carbocycles. The van der Waals surface area contributed by atoms with Gasteiger partial charge in [0, 0.05) is 37.1 Å². The number of hydrogen-bond donors (Lipinski definition) is 1. The van der Waals surface area contributed by atoms with Crippen LogP contribution in [0.15, 0.2) is 48.5 Å². The summed E-state index contributed by atoms with van der Waals surface area (Å²) >= 11 is 0. The van der Waals surface area contributed by atoms with Crippen molar-refractivity contribution in [3.63, 3.8) is 0 Å². The van der Waals surface area contributed by atoms with Gasteiger partial charge in [-0.3, -0.25) is 9.59 Å². The van der Waals surface area contributed by atoms with Crippen LogP contribution in [-0.4, -0.2) is 74.8 Å². The molecule has 1 N–H and O–H groups in total. The lowest BCUT2D eigenvalue weighted by Crippen LogP contribution is -2.44. The predicted molar refractivity (Wildman–Crippen MR) is 133 cm³/mol. The maximum absolute atomic E-state index is 13.5. The topological polar surface area (TPSA) is 104 Å². The molecule has 1 saturated carbocycles. The van der Waals surface area contributed by atoms with Crippen molar-refractivity contribution < 1.29 is 14.3 Å². The quantitative estimate of drug-likeness (QED) is 0.480. The van der Waals surface area contributed by atoms with Crippen molar-refractivity contribution >= 4 is 33.6 Å². The van der Waals surface area contributed by atoms with Crippen molar-refractivity contribution in [2.45, 2.75) is 6.92 Å². The number of fused-ring (bicyclic) bond motifs is 6. The molecule has 0 bridgehead atoms. The van der Waals surface area contributed by atoms with Crippen LogP contribution in [0.5, 0.6) is 5.88 Å². The van der Waals surface area contributed by atoms with Crippen molar-refractivity contribution in [1.82, 2.24) is 30.2 Å². The lowest BCUT2D eigenvalue weighted by Gasteiger charge is -2.42. The number of benzene rings is 2. The van der Waals surface area contributed by atoms with Crippen LogP contribution in [0, 0.1) is 23.7 Å². The fourth-order valence-electron chi connectivity index (χ4n) is 6.55. The van der Waals surface area contributed by atoms with Gasteiger partial charge in [-0.05, 0) is 66.3 Å². The average molecular weight is 483 g/mol. The second kappa shape index (κ2) is 8.01. The molecule has 4 aromatic rings. The van der Waals surface area contributed by atoms with E-state index in [1.54, 1.807) is 6.07 Å². The lowest BCUT2D eigenvalue weighted by atomic mass is 9.60. The summed E-state index contributed by atoms with van der Waals surface area (Å²) in [6, 6.07) is 15.2. The number of hydrogen-bond acceptors (Lipinski definition) is 6. The van der Waals surface area contributed by atoms with Gasteiger partial charge in [0.1, 0.15) is 16.7 Å². The molecule has 0 radical (unpaired) electrons. The molecule has 0 unspecified atom stereocenters. The fraction of sp³-hybridized carbons (Fsp3) is 0.370. The Bertz CT molecular complexity index is 1500. The van der Waals surface area contributed by atoms with Crippen LogP contribution >= 0.6 is 0 Å². The van der Waals surface area contributed by atoms with Gasteiger partial charge in [0.05, 0.1) is 6.61 Å². The van der Waals surface area contributed by atoms with Crippen LogP contribution < -0.4 is 4.74 Å². The zero-order chi connectivity index (χ0) is 24.4. The Hall–Kier alpha value is -4.01. The molecular weight excluding hydrogens is 456 g/mol. The van der Waals surface area contributed by atoms with Gasteiger partial charge in [-0.15, -0.1) is 0 Å². The third-order valence-corrected chi connectivity index (χ3v) is 8.27. The van der Waals surface area contributed by atoms with E-state index < -0.39 is 0 Å². The van der Waals surface area contributed by atoms with E-state index in [-0.39, 0.29) is 11.8 Å². The Morgan fingerprint density at radius 1 is 0.889 bits per heavy atom. The number of likely N-dealkylation sites (tertiary alicyclic amines) is 2. The van der Waals surface area contributed by atoms with E-state index in [4.69, 9.17) is 4.74 Å². The molecule has 4 heterocycles. The number of carbonyl (C=O) groups excluding carboxylic acids is 2. The minimum Gasteiger partial charge on any atom is -0.478 e. The number of nitrogens with zero attached hydrogens (tertiary/aromatic N) is 5. The molecule has 0 spiro atoms. The van der Waals surface area contributed by atoms with Crippen LogP contribution in [0.2, 0.25) is 0 Å². The first-order valence-electron chi connectivity index (χ1n) is 12.5. The number of aromatic amines is 1. The van der Waals surface area contributed by atoms with Gasteiger partial charge >= 0.3 is 0 Å². The summed E-state index contributed by atoms with van der Waals surface area (Å²) in [6.45, 7) is 5.33. The SMILES string of the molecule is CCOc1nc(C(=O)N2C[C@@H]3[C@H]4CN(C(=O)c5ccc6n[nH]nc6c5)C[C@H]4[C@@H]3C2)cc2ccccc12. The molecule has 7 rings (SSSR count). The third kappa shape index (κ3) is 3.18. The number of carbonyl (C=O) groups is 2. The van der Waals surface area contributed by atoms with Crippen LogP contribution in [0.3, 0.4) is 0 Å². The zero-order valence-corrected chi connectivity index (χ0v) is 19.9. The number of amides is 2. The van der Waals surface area contributed by atoms with Crippen LogP contribution in [-0.2, 0) is 0 Å². The second-order valence-corrected chi connectivity index (χ2v) is 10.1. The standard InChI is InChI=1S/C27H26N6O3/c1-2-36-25-17-6-4-3-5-15(17)9-24(28-25)27(35)33-13-20-18-11-32(12-19(18)21(20)14-33)26(34)16-7-8-22-23(10-16)30-31-29-22/h3-10,18-21H,2,11-14H2,1H3,(H,29,30,31)/t18-,19+,20+,21-. The minimum absolute atomic E-state index is 0.0389. The van der Waals surface area contributed by atoms with Crippen molar-refractivity contribution in [2.24, 2.45) is 23.7 Å². The molecule has 182 valence electrons. The number of nitrogens with one attached hydrogen (secondary N) is 1. The summed E-state index contributed by atoms with van der Waals surface area (Å²) < 4.78 is 5.75. The Morgan fingerprint density at radius 3 is 2.28 bits per heavy atom. The van der Waals surface area contributed by atoms with Gasteiger partial charge in [0.2, 0.25) is 5.88 Å². The minimum atomic E-state index is -0.0389. The molecule has 2 amide bonds. The van der Waals surface area contributed by atoms with E-state index >= 15 is 0 Å². The van der Waals surface area contributed by atoms with Gasteiger partial charge in [0.15, 0.2) is 0 Å². The molecule has 2 aliphatic heterocycles. The van der Waals surface area contributed by atoms with Gasteiger partial charge in [0.25, 0.3) is 11.8 Å². The fourth-order valence-corrected chi connectivity index (χ4v) is 6.55. The van der Waals surface area contributed by atoms with Crippen molar-refractivity contribution in [1.29, 1.82) is 0 Å². The number of aromatic nitrogens is 4. The highest BCUT2D eigenvalue weighted by Crippen LogP contribution is 2.54. The second-order valence-electron chi connectivity index (χ2n) is 10.1. The molecule has 9 heteroatoms.